The first-order chi connectivity index (χ1) is 9.00. The summed E-state index contributed by atoms with van der Waals surface area (Å²) in [6.07, 6.45) is 3.30. The van der Waals surface area contributed by atoms with E-state index in [0.29, 0.717) is 4.47 Å². The van der Waals surface area contributed by atoms with E-state index in [2.05, 4.69) is 25.6 Å². The molecule has 0 aliphatic rings. The molecular formula is C13H13BrN2O2S. The van der Waals surface area contributed by atoms with Gasteiger partial charge in [0.2, 0.25) is 10.0 Å². The molecule has 4 nitrogen and oxygen atoms in total. The van der Waals surface area contributed by atoms with Crippen LogP contribution in [0, 0.1) is 0 Å². The Morgan fingerprint density at radius 1 is 1.21 bits per heavy atom. The molecular weight excluding hydrogens is 328 g/mol. The fourth-order valence-electron chi connectivity index (χ4n) is 1.66. The van der Waals surface area contributed by atoms with Crippen molar-refractivity contribution in [3.63, 3.8) is 0 Å². The molecule has 6 heteroatoms. The van der Waals surface area contributed by atoms with Crippen LogP contribution in [0.2, 0.25) is 0 Å². The van der Waals surface area contributed by atoms with Crippen molar-refractivity contribution in [2.45, 2.75) is 17.9 Å². The molecule has 1 unspecified atom stereocenters. The van der Waals surface area contributed by atoms with Gasteiger partial charge >= 0.3 is 0 Å². The van der Waals surface area contributed by atoms with Gasteiger partial charge in [-0.15, -0.1) is 0 Å². The standard InChI is InChI=1S/C13H13BrN2O2S/c1-10(11-5-4-8-15-9-11)16-19(17,18)13-7-3-2-6-12(13)14/h2-10,16H,1H3. The molecule has 1 aromatic carbocycles. The van der Waals surface area contributed by atoms with Crippen LogP contribution in [0.15, 0.2) is 58.2 Å². The predicted molar refractivity (Wildman–Crippen MR) is 77.1 cm³/mol. The summed E-state index contributed by atoms with van der Waals surface area (Å²) < 4.78 is 27.7. The molecule has 2 rings (SSSR count). The van der Waals surface area contributed by atoms with E-state index in [1.165, 1.54) is 0 Å². The Morgan fingerprint density at radius 2 is 1.95 bits per heavy atom. The molecule has 100 valence electrons. The first-order valence-corrected chi connectivity index (χ1v) is 7.95. The fourth-order valence-corrected chi connectivity index (χ4v) is 3.89. The number of hydrogen-bond acceptors (Lipinski definition) is 3. The lowest BCUT2D eigenvalue weighted by molar-refractivity contribution is 0.566. The summed E-state index contributed by atoms with van der Waals surface area (Å²) in [6, 6.07) is 9.98. The smallest absolute Gasteiger partial charge is 0.242 e. The van der Waals surface area contributed by atoms with Crippen molar-refractivity contribution >= 4 is 26.0 Å². The third kappa shape index (κ3) is 3.40. The van der Waals surface area contributed by atoms with E-state index in [1.54, 1.807) is 49.6 Å². The monoisotopic (exact) mass is 340 g/mol. The number of pyridine rings is 1. The van der Waals surface area contributed by atoms with Gasteiger partial charge in [-0.1, -0.05) is 18.2 Å². The van der Waals surface area contributed by atoms with Gasteiger partial charge in [0.25, 0.3) is 0 Å². The minimum atomic E-state index is -3.56. The zero-order valence-corrected chi connectivity index (χ0v) is 12.6. The Kier molecular flexibility index (Phi) is 4.34. The highest BCUT2D eigenvalue weighted by Gasteiger charge is 2.20. The van der Waals surface area contributed by atoms with Crippen molar-refractivity contribution in [3.05, 3.63) is 58.8 Å². The molecule has 0 aliphatic heterocycles. The van der Waals surface area contributed by atoms with E-state index < -0.39 is 10.0 Å². The second kappa shape index (κ2) is 5.81. The molecule has 0 amide bonds. The van der Waals surface area contributed by atoms with E-state index in [4.69, 9.17) is 0 Å². The van der Waals surface area contributed by atoms with Crippen LogP contribution in [0.4, 0.5) is 0 Å². The second-order valence-electron chi connectivity index (χ2n) is 4.06. The number of hydrogen-bond donors (Lipinski definition) is 1. The van der Waals surface area contributed by atoms with Crippen LogP contribution in [0.3, 0.4) is 0 Å². The molecule has 0 spiro atoms. The molecule has 0 radical (unpaired) electrons. The van der Waals surface area contributed by atoms with Crippen LogP contribution in [0.1, 0.15) is 18.5 Å². The number of nitrogens with zero attached hydrogens (tertiary/aromatic N) is 1. The fraction of sp³-hybridized carbons (Fsp3) is 0.154. The van der Waals surface area contributed by atoms with Gasteiger partial charge in [-0.2, -0.15) is 0 Å². The van der Waals surface area contributed by atoms with Crippen molar-refractivity contribution in [1.29, 1.82) is 0 Å². The van der Waals surface area contributed by atoms with E-state index in [-0.39, 0.29) is 10.9 Å². The van der Waals surface area contributed by atoms with Gasteiger partial charge < -0.3 is 0 Å². The number of aromatic nitrogens is 1. The van der Waals surface area contributed by atoms with Gasteiger partial charge in [0.05, 0.1) is 4.90 Å². The van der Waals surface area contributed by atoms with Crippen LogP contribution < -0.4 is 4.72 Å². The second-order valence-corrected chi connectivity index (χ2v) is 6.60. The Balaban J connectivity index is 2.26. The van der Waals surface area contributed by atoms with Crippen molar-refractivity contribution in [2.75, 3.05) is 0 Å². The maximum atomic E-state index is 12.3. The Labute approximate surface area is 121 Å². The minimum Gasteiger partial charge on any atom is -0.264 e. The molecule has 0 saturated carbocycles. The highest BCUT2D eigenvalue weighted by molar-refractivity contribution is 9.10. The van der Waals surface area contributed by atoms with Crippen LogP contribution in [-0.4, -0.2) is 13.4 Å². The van der Waals surface area contributed by atoms with Gasteiger partial charge in [0, 0.05) is 22.9 Å². The Bertz CT molecular complexity index is 659. The number of nitrogens with one attached hydrogen (secondary N) is 1. The summed E-state index contributed by atoms with van der Waals surface area (Å²) >= 11 is 3.25. The van der Waals surface area contributed by atoms with Gasteiger partial charge in [0.15, 0.2) is 0 Å². The number of rotatable bonds is 4. The molecule has 2 aromatic rings. The first-order valence-electron chi connectivity index (χ1n) is 5.67. The van der Waals surface area contributed by atoms with Gasteiger partial charge in [-0.25, -0.2) is 13.1 Å². The van der Waals surface area contributed by atoms with Gasteiger partial charge in [-0.3, -0.25) is 4.98 Å². The lowest BCUT2D eigenvalue weighted by Crippen LogP contribution is -2.27. The minimum absolute atomic E-state index is 0.228. The summed E-state index contributed by atoms with van der Waals surface area (Å²) in [7, 11) is -3.56. The summed E-state index contributed by atoms with van der Waals surface area (Å²) in [4.78, 5) is 4.21. The zero-order valence-electron chi connectivity index (χ0n) is 10.2. The molecule has 1 aromatic heterocycles. The number of benzene rings is 1. The highest BCUT2D eigenvalue weighted by Crippen LogP contribution is 2.23. The molecule has 0 bridgehead atoms. The molecule has 1 N–H and O–H groups in total. The van der Waals surface area contributed by atoms with Crippen molar-refractivity contribution < 1.29 is 8.42 Å². The normalized spacial score (nSPS) is 13.2. The SMILES string of the molecule is CC(NS(=O)(=O)c1ccccc1Br)c1cccnc1. The summed E-state index contributed by atoms with van der Waals surface area (Å²) in [5, 5.41) is 0. The van der Waals surface area contributed by atoms with Crippen molar-refractivity contribution in [2.24, 2.45) is 0 Å². The zero-order chi connectivity index (χ0) is 13.9. The average molecular weight is 341 g/mol. The topological polar surface area (TPSA) is 59.1 Å². The average Bonchev–Trinajstić information content (AvgIpc) is 2.39. The van der Waals surface area contributed by atoms with Gasteiger partial charge in [-0.05, 0) is 46.6 Å². The third-order valence-electron chi connectivity index (χ3n) is 2.64. The maximum Gasteiger partial charge on any atom is 0.242 e. The first kappa shape index (κ1) is 14.2. The van der Waals surface area contributed by atoms with Crippen LogP contribution in [0.25, 0.3) is 0 Å². The molecule has 0 aliphatic carbocycles. The van der Waals surface area contributed by atoms with Crippen LogP contribution >= 0.6 is 15.9 Å². The number of halogens is 1. The Hall–Kier alpha value is -1.24. The van der Waals surface area contributed by atoms with E-state index in [9.17, 15) is 8.42 Å². The highest BCUT2D eigenvalue weighted by atomic mass is 79.9. The molecule has 1 heterocycles. The lowest BCUT2D eigenvalue weighted by atomic mass is 10.2. The van der Waals surface area contributed by atoms with Gasteiger partial charge in [0.1, 0.15) is 0 Å². The lowest BCUT2D eigenvalue weighted by Gasteiger charge is -2.15. The molecule has 1 atom stereocenters. The van der Waals surface area contributed by atoms with E-state index in [0.717, 1.165) is 5.56 Å². The largest absolute Gasteiger partial charge is 0.264 e. The molecule has 0 saturated heterocycles. The van der Waals surface area contributed by atoms with E-state index in [1.807, 2.05) is 6.07 Å². The van der Waals surface area contributed by atoms with Crippen LogP contribution in [0.5, 0.6) is 0 Å². The summed E-state index contributed by atoms with van der Waals surface area (Å²) in [5.41, 5.74) is 0.818. The number of sulfonamides is 1. The molecule has 19 heavy (non-hydrogen) atoms. The van der Waals surface area contributed by atoms with E-state index >= 15 is 0 Å². The molecule has 0 fully saturated rings. The Morgan fingerprint density at radius 3 is 2.58 bits per heavy atom. The van der Waals surface area contributed by atoms with Crippen LogP contribution in [-0.2, 0) is 10.0 Å². The maximum absolute atomic E-state index is 12.3. The predicted octanol–water partition coefficient (Wildman–Crippen LogP) is 2.88. The summed E-state index contributed by atoms with van der Waals surface area (Å²) in [5.74, 6) is 0. The summed E-state index contributed by atoms with van der Waals surface area (Å²) in [6.45, 7) is 1.78. The third-order valence-corrected chi connectivity index (χ3v) is 5.20. The quantitative estimate of drug-likeness (QED) is 0.930. The van der Waals surface area contributed by atoms with Crippen molar-refractivity contribution in [3.8, 4) is 0 Å². The van der Waals surface area contributed by atoms with Crippen molar-refractivity contribution in [1.82, 2.24) is 9.71 Å².